The van der Waals surface area contributed by atoms with E-state index in [1.807, 2.05) is 0 Å². The highest BCUT2D eigenvalue weighted by Crippen LogP contribution is 2.14. The summed E-state index contributed by atoms with van der Waals surface area (Å²) in [6, 6.07) is 0. The van der Waals surface area contributed by atoms with Crippen LogP contribution < -0.4 is 0 Å². The van der Waals surface area contributed by atoms with Gasteiger partial charge in [0.1, 0.15) is 6.23 Å². The van der Waals surface area contributed by atoms with Crippen molar-refractivity contribution in [2.75, 3.05) is 13.7 Å². The quantitative estimate of drug-likeness (QED) is 0.561. The van der Waals surface area contributed by atoms with Gasteiger partial charge < -0.3 is 9.84 Å². The molecule has 1 fully saturated rings. The van der Waals surface area contributed by atoms with Gasteiger partial charge in [-0.3, -0.25) is 4.90 Å². The van der Waals surface area contributed by atoms with Gasteiger partial charge in [-0.25, -0.2) is 4.79 Å². The number of hydrogen-bond acceptors (Lipinski definition) is 3. The van der Waals surface area contributed by atoms with Crippen LogP contribution in [0.5, 0.6) is 0 Å². The van der Waals surface area contributed by atoms with Crippen LogP contribution in [0, 0.1) is 0 Å². The Hall–Kier alpha value is -0.770. The summed E-state index contributed by atoms with van der Waals surface area (Å²) in [6.45, 7) is 0.605. The molecular formula is C7H13NO3. The number of hydrogen-bond donors (Lipinski definition) is 1. The van der Waals surface area contributed by atoms with E-state index in [2.05, 4.69) is 4.74 Å². The molecule has 1 amide bonds. The first kappa shape index (κ1) is 8.33. The van der Waals surface area contributed by atoms with E-state index in [-0.39, 0.29) is 0 Å². The minimum atomic E-state index is -0.642. The standard InChI is InChI=1S/C7H13NO3/c1-11-7(10)8-5-3-2-4-6(8)9/h6,9H,2-5H2,1H3. The van der Waals surface area contributed by atoms with Crippen LogP contribution in [0.2, 0.25) is 0 Å². The molecule has 1 N–H and O–H groups in total. The molecule has 1 rings (SSSR count). The fourth-order valence-corrected chi connectivity index (χ4v) is 1.24. The lowest BCUT2D eigenvalue weighted by atomic mass is 10.1. The molecule has 0 aromatic heterocycles. The second-order valence-corrected chi connectivity index (χ2v) is 2.64. The van der Waals surface area contributed by atoms with Crippen LogP contribution in [0.1, 0.15) is 19.3 Å². The van der Waals surface area contributed by atoms with E-state index in [4.69, 9.17) is 0 Å². The molecule has 1 heterocycles. The molecule has 4 nitrogen and oxygen atoms in total. The molecule has 64 valence electrons. The number of ether oxygens (including phenoxy) is 1. The summed E-state index contributed by atoms with van der Waals surface area (Å²) < 4.78 is 4.49. The van der Waals surface area contributed by atoms with E-state index in [1.54, 1.807) is 0 Å². The largest absolute Gasteiger partial charge is 0.453 e. The summed E-state index contributed by atoms with van der Waals surface area (Å²) in [5, 5.41) is 9.30. The van der Waals surface area contributed by atoms with Crippen LogP contribution in [-0.4, -0.2) is 36.0 Å². The third kappa shape index (κ3) is 1.83. The summed E-state index contributed by atoms with van der Waals surface area (Å²) >= 11 is 0. The second kappa shape index (κ2) is 3.57. The van der Waals surface area contributed by atoms with Gasteiger partial charge in [0.2, 0.25) is 0 Å². The summed E-state index contributed by atoms with van der Waals surface area (Å²) in [6.07, 6.45) is 1.52. The summed E-state index contributed by atoms with van der Waals surface area (Å²) in [5.41, 5.74) is 0. The Bertz CT molecular complexity index is 149. The van der Waals surface area contributed by atoms with Gasteiger partial charge in [-0.1, -0.05) is 0 Å². The van der Waals surface area contributed by atoms with Gasteiger partial charge in [0.15, 0.2) is 0 Å². The Labute approximate surface area is 65.8 Å². The molecule has 1 aliphatic rings. The molecule has 4 heteroatoms. The Balaban J connectivity index is 2.47. The SMILES string of the molecule is COC(=O)N1CCCCC1O. The van der Waals surface area contributed by atoms with E-state index >= 15 is 0 Å². The molecule has 0 aromatic rings. The Morgan fingerprint density at radius 2 is 2.36 bits per heavy atom. The molecule has 0 aliphatic carbocycles. The smallest absolute Gasteiger partial charge is 0.411 e. The van der Waals surface area contributed by atoms with Crippen LogP contribution in [-0.2, 0) is 4.74 Å². The van der Waals surface area contributed by atoms with Gasteiger partial charge >= 0.3 is 6.09 Å². The molecule has 0 radical (unpaired) electrons. The van der Waals surface area contributed by atoms with Crippen LogP contribution in [0.25, 0.3) is 0 Å². The predicted octanol–water partition coefficient (Wildman–Crippen LogP) is 0.557. The molecular weight excluding hydrogens is 146 g/mol. The van der Waals surface area contributed by atoms with Gasteiger partial charge in [-0.2, -0.15) is 0 Å². The van der Waals surface area contributed by atoms with Crippen molar-refractivity contribution in [2.45, 2.75) is 25.5 Å². The fraction of sp³-hybridized carbons (Fsp3) is 0.857. The molecule has 0 aromatic carbocycles. The normalized spacial score (nSPS) is 24.9. The lowest BCUT2D eigenvalue weighted by molar-refractivity contribution is -0.0165. The van der Waals surface area contributed by atoms with Crippen molar-refractivity contribution in [3.63, 3.8) is 0 Å². The average molecular weight is 159 g/mol. The van der Waals surface area contributed by atoms with Crippen molar-refractivity contribution in [3.05, 3.63) is 0 Å². The van der Waals surface area contributed by atoms with Crippen LogP contribution in [0.3, 0.4) is 0 Å². The number of methoxy groups -OCH3 is 1. The first-order valence-corrected chi connectivity index (χ1v) is 3.78. The Morgan fingerprint density at radius 1 is 1.64 bits per heavy atom. The van der Waals surface area contributed by atoms with Crippen molar-refractivity contribution in [3.8, 4) is 0 Å². The maximum atomic E-state index is 10.9. The monoisotopic (exact) mass is 159 g/mol. The maximum Gasteiger partial charge on any atom is 0.411 e. The highest BCUT2D eigenvalue weighted by molar-refractivity contribution is 5.67. The van der Waals surface area contributed by atoms with Crippen molar-refractivity contribution < 1.29 is 14.6 Å². The van der Waals surface area contributed by atoms with E-state index in [9.17, 15) is 9.90 Å². The van der Waals surface area contributed by atoms with Gasteiger partial charge in [0, 0.05) is 6.54 Å². The minimum Gasteiger partial charge on any atom is -0.453 e. The van der Waals surface area contributed by atoms with Gasteiger partial charge in [0.05, 0.1) is 7.11 Å². The number of amides is 1. The molecule has 0 saturated carbocycles. The average Bonchev–Trinajstić information content (AvgIpc) is 2.04. The Kier molecular flexibility index (Phi) is 2.70. The zero-order chi connectivity index (χ0) is 8.27. The molecule has 1 atom stereocenters. The summed E-state index contributed by atoms with van der Waals surface area (Å²) in [5.74, 6) is 0. The highest BCUT2D eigenvalue weighted by Gasteiger charge is 2.24. The van der Waals surface area contributed by atoms with Crippen molar-refractivity contribution in [2.24, 2.45) is 0 Å². The zero-order valence-corrected chi connectivity index (χ0v) is 6.62. The second-order valence-electron chi connectivity index (χ2n) is 2.64. The summed E-state index contributed by atoms with van der Waals surface area (Å²) in [4.78, 5) is 12.3. The lowest BCUT2D eigenvalue weighted by Gasteiger charge is -2.30. The molecule has 1 aliphatic heterocycles. The number of carbonyl (C=O) groups excluding carboxylic acids is 1. The number of rotatable bonds is 0. The maximum absolute atomic E-state index is 10.9. The molecule has 1 saturated heterocycles. The van der Waals surface area contributed by atoms with Gasteiger partial charge in [-0.05, 0) is 19.3 Å². The number of aliphatic hydroxyl groups excluding tert-OH is 1. The Morgan fingerprint density at radius 3 is 2.91 bits per heavy atom. The topological polar surface area (TPSA) is 49.8 Å². The van der Waals surface area contributed by atoms with Crippen molar-refractivity contribution >= 4 is 6.09 Å². The van der Waals surface area contributed by atoms with Gasteiger partial charge in [0.25, 0.3) is 0 Å². The molecule has 11 heavy (non-hydrogen) atoms. The third-order valence-electron chi connectivity index (χ3n) is 1.88. The van der Waals surface area contributed by atoms with Gasteiger partial charge in [-0.15, -0.1) is 0 Å². The van der Waals surface area contributed by atoms with Crippen LogP contribution >= 0.6 is 0 Å². The highest BCUT2D eigenvalue weighted by atomic mass is 16.5. The van der Waals surface area contributed by atoms with E-state index < -0.39 is 12.3 Å². The number of nitrogens with zero attached hydrogens (tertiary/aromatic N) is 1. The first-order valence-electron chi connectivity index (χ1n) is 3.78. The zero-order valence-electron chi connectivity index (χ0n) is 6.62. The predicted molar refractivity (Wildman–Crippen MR) is 39.0 cm³/mol. The van der Waals surface area contributed by atoms with E-state index in [0.717, 1.165) is 12.8 Å². The number of aliphatic hydroxyl groups is 1. The lowest BCUT2D eigenvalue weighted by Crippen LogP contribution is -2.43. The summed E-state index contributed by atoms with van der Waals surface area (Å²) in [7, 11) is 1.32. The molecule has 0 spiro atoms. The van der Waals surface area contributed by atoms with Crippen LogP contribution in [0.15, 0.2) is 0 Å². The van der Waals surface area contributed by atoms with E-state index in [0.29, 0.717) is 13.0 Å². The number of likely N-dealkylation sites (tertiary alicyclic amines) is 1. The van der Waals surface area contributed by atoms with Crippen LogP contribution in [0.4, 0.5) is 4.79 Å². The molecule has 1 unspecified atom stereocenters. The van der Waals surface area contributed by atoms with Crippen molar-refractivity contribution in [1.29, 1.82) is 0 Å². The van der Waals surface area contributed by atoms with Crippen molar-refractivity contribution in [1.82, 2.24) is 4.90 Å². The fourth-order valence-electron chi connectivity index (χ4n) is 1.24. The van der Waals surface area contributed by atoms with E-state index in [1.165, 1.54) is 12.0 Å². The third-order valence-corrected chi connectivity index (χ3v) is 1.88. The minimum absolute atomic E-state index is 0.433. The number of carbonyl (C=O) groups is 1. The molecule has 0 bridgehead atoms. The first-order chi connectivity index (χ1) is 5.25. The number of piperidine rings is 1.